The van der Waals surface area contributed by atoms with Crippen molar-refractivity contribution in [1.82, 2.24) is 0 Å². The average Bonchev–Trinajstić information content (AvgIpc) is 2.37. The van der Waals surface area contributed by atoms with E-state index in [2.05, 4.69) is 0 Å². The van der Waals surface area contributed by atoms with E-state index in [0.29, 0.717) is 18.8 Å². The predicted octanol–water partition coefficient (Wildman–Crippen LogP) is 2.41. The van der Waals surface area contributed by atoms with Crippen molar-refractivity contribution in [3.05, 3.63) is 35.4 Å². The minimum atomic E-state index is -0.277. The van der Waals surface area contributed by atoms with E-state index >= 15 is 0 Å². The summed E-state index contributed by atoms with van der Waals surface area (Å²) in [5, 5.41) is 0. The molecule has 0 radical (unpaired) electrons. The molecular weight excluding hydrogens is 232 g/mol. The first-order valence-corrected chi connectivity index (χ1v) is 6.02. The molecule has 4 heteroatoms. The second-order valence-corrected chi connectivity index (χ2v) is 3.85. The normalized spacial score (nSPS) is 12.4. The third kappa shape index (κ3) is 4.56. The van der Waals surface area contributed by atoms with Crippen LogP contribution in [-0.4, -0.2) is 32.4 Å². The van der Waals surface area contributed by atoms with E-state index in [4.69, 9.17) is 14.2 Å². The summed E-state index contributed by atoms with van der Waals surface area (Å²) in [5.41, 5.74) is 1.49. The first kappa shape index (κ1) is 14.8. The third-order valence-electron chi connectivity index (χ3n) is 2.47. The van der Waals surface area contributed by atoms with E-state index in [1.165, 1.54) is 7.11 Å². The Morgan fingerprint density at radius 1 is 1.28 bits per heavy atom. The van der Waals surface area contributed by atoms with Crippen molar-refractivity contribution in [1.29, 1.82) is 0 Å². The minimum Gasteiger partial charge on any atom is -0.377 e. The van der Waals surface area contributed by atoms with Gasteiger partial charge in [0, 0.05) is 19.3 Å². The quantitative estimate of drug-likeness (QED) is 0.526. The van der Waals surface area contributed by atoms with Crippen LogP contribution in [-0.2, 0) is 20.8 Å². The van der Waals surface area contributed by atoms with Crippen LogP contribution in [0.3, 0.4) is 0 Å². The van der Waals surface area contributed by atoms with Gasteiger partial charge in [0.1, 0.15) is 6.61 Å². The number of hydrogen-bond donors (Lipinski definition) is 0. The van der Waals surface area contributed by atoms with Crippen molar-refractivity contribution in [2.24, 2.45) is 0 Å². The molecule has 0 saturated heterocycles. The van der Waals surface area contributed by atoms with Gasteiger partial charge in [0.25, 0.3) is 0 Å². The summed E-state index contributed by atoms with van der Waals surface area (Å²) in [4.78, 5) is 11.8. The van der Waals surface area contributed by atoms with E-state index in [1.807, 2.05) is 32.0 Å². The number of hydrogen-bond acceptors (Lipinski definition) is 4. The lowest BCUT2D eigenvalue weighted by atomic mass is 10.0. The zero-order valence-electron chi connectivity index (χ0n) is 11.1. The fraction of sp³-hybridized carbons (Fsp3) is 0.500. The highest BCUT2D eigenvalue weighted by atomic mass is 16.7. The van der Waals surface area contributed by atoms with Gasteiger partial charge in [-0.25, -0.2) is 0 Å². The smallest absolute Gasteiger partial charge is 0.188 e. The van der Waals surface area contributed by atoms with Gasteiger partial charge in [-0.1, -0.05) is 24.3 Å². The molecule has 0 spiro atoms. The molecule has 0 aliphatic heterocycles. The number of ketones is 1. The summed E-state index contributed by atoms with van der Waals surface area (Å²) in [5.74, 6) is -0.0410. The molecule has 0 N–H and O–H groups in total. The standard InChI is InChI=1S/C14H20O4/c1-4-17-11(2)18-9-12-7-5-6-8-13(12)14(15)10-16-3/h5-8,11H,4,9-10H2,1-3H3. The van der Waals surface area contributed by atoms with Crippen molar-refractivity contribution in [2.45, 2.75) is 26.7 Å². The van der Waals surface area contributed by atoms with Crippen molar-refractivity contribution in [3.63, 3.8) is 0 Å². The van der Waals surface area contributed by atoms with Gasteiger partial charge in [0.2, 0.25) is 0 Å². The molecule has 1 unspecified atom stereocenters. The molecule has 0 aromatic heterocycles. The van der Waals surface area contributed by atoms with E-state index in [-0.39, 0.29) is 18.7 Å². The SMILES string of the molecule is CCOC(C)OCc1ccccc1C(=O)COC. The number of methoxy groups -OCH3 is 1. The van der Waals surface area contributed by atoms with Crippen molar-refractivity contribution in [3.8, 4) is 0 Å². The molecule has 0 saturated carbocycles. The number of ether oxygens (including phenoxy) is 3. The Morgan fingerprint density at radius 3 is 2.67 bits per heavy atom. The molecule has 1 aromatic rings. The van der Waals surface area contributed by atoms with Gasteiger partial charge >= 0.3 is 0 Å². The summed E-state index contributed by atoms with van der Waals surface area (Å²) < 4.78 is 15.7. The second-order valence-electron chi connectivity index (χ2n) is 3.85. The highest BCUT2D eigenvalue weighted by molar-refractivity contribution is 5.98. The van der Waals surface area contributed by atoms with Crippen LogP contribution in [0.15, 0.2) is 24.3 Å². The molecule has 4 nitrogen and oxygen atoms in total. The number of benzene rings is 1. The van der Waals surface area contributed by atoms with E-state index in [0.717, 1.165) is 5.56 Å². The highest BCUT2D eigenvalue weighted by Gasteiger charge is 2.11. The van der Waals surface area contributed by atoms with Gasteiger partial charge in [-0.3, -0.25) is 4.79 Å². The lowest BCUT2D eigenvalue weighted by molar-refractivity contribution is -0.134. The summed E-state index contributed by atoms with van der Waals surface area (Å²) in [6.07, 6.45) is -0.277. The molecular formula is C14H20O4. The lowest BCUT2D eigenvalue weighted by Crippen LogP contribution is -2.15. The van der Waals surface area contributed by atoms with Crippen molar-refractivity contribution in [2.75, 3.05) is 20.3 Å². The van der Waals surface area contributed by atoms with Crippen molar-refractivity contribution < 1.29 is 19.0 Å². The van der Waals surface area contributed by atoms with Crippen LogP contribution in [0.2, 0.25) is 0 Å². The number of carbonyl (C=O) groups excluding carboxylic acids is 1. The van der Waals surface area contributed by atoms with Crippen molar-refractivity contribution >= 4 is 5.78 Å². The average molecular weight is 252 g/mol. The maximum Gasteiger partial charge on any atom is 0.188 e. The zero-order chi connectivity index (χ0) is 13.4. The highest BCUT2D eigenvalue weighted by Crippen LogP contribution is 2.12. The number of Topliss-reactive ketones (excluding diaryl/α,β-unsaturated/α-hetero) is 1. The number of rotatable bonds is 8. The largest absolute Gasteiger partial charge is 0.377 e. The summed E-state index contributed by atoms with van der Waals surface area (Å²) >= 11 is 0. The van der Waals surface area contributed by atoms with Crippen LogP contribution >= 0.6 is 0 Å². The lowest BCUT2D eigenvalue weighted by Gasteiger charge is -2.14. The molecule has 0 amide bonds. The molecule has 0 aliphatic carbocycles. The zero-order valence-corrected chi connectivity index (χ0v) is 11.1. The predicted molar refractivity (Wildman–Crippen MR) is 68.5 cm³/mol. The monoisotopic (exact) mass is 252 g/mol. The summed E-state index contributed by atoms with van der Waals surface area (Å²) in [7, 11) is 1.51. The molecule has 0 fully saturated rings. The molecule has 0 aliphatic rings. The first-order valence-electron chi connectivity index (χ1n) is 6.02. The van der Waals surface area contributed by atoms with Gasteiger partial charge in [-0.05, 0) is 19.4 Å². The topological polar surface area (TPSA) is 44.8 Å². The van der Waals surface area contributed by atoms with Crippen LogP contribution in [0.25, 0.3) is 0 Å². The Morgan fingerprint density at radius 2 is 2.00 bits per heavy atom. The number of carbonyl (C=O) groups is 1. The van der Waals surface area contributed by atoms with E-state index in [1.54, 1.807) is 6.07 Å². The molecule has 1 rings (SSSR count). The maximum atomic E-state index is 11.8. The molecule has 0 heterocycles. The molecule has 18 heavy (non-hydrogen) atoms. The first-order chi connectivity index (χ1) is 8.69. The van der Waals surface area contributed by atoms with Gasteiger partial charge in [-0.15, -0.1) is 0 Å². The Labute approximate surface area is 108 Å². The Kier molecular flexibility index (Phi) is 6.57. The molecule has 1 aromatic carbocycles. The van der Waals surface area contributed by atoms with Crippen LogP contribution in [0.1, 0.15) is 29.8 Å². The molecule has 0 bridgehead atoms. The van der Waals surface area contributed by atoms with Crippen LogP contribution in [0, 0.1) is 0 Å². The van der Waals surface area contributed by atoms with Gasteiger partial charge in [0.05, 0.1) is 6.61 Å². The third-order valence-corrected chi connectivity index (χ3v) is 2.47. The van der Waals surface area contributed by atoms with Gasteiger partial charge in [0.15, 0.2) is 12.1 Å². The van der Waals surface area contributed by atoms with Gasteiger partial charge in [-0.2, -0.15) is 0 Å². The van der Waals surface area contributed by atoms with E-state index < -0.39 is 0 Å². The molecule has 100 valence electrons. The Hall–Kier alpha value is -1.23. The maximum absolute atomic E-state index is 11.8. The fourth-order valence-corrected chi connectivity index (χ4v) is 1.62. The molecule has 1 atom stereocenters. The van der Waals surface area contributed by atoms with Gasteiger partial charge < -0.3 is 14.2 Å². The summed E-state index contributed by atoms with van der Waals surface area (Å²) in [6.45, 7) is 4.79. The van der Waals surface area contributed by atoms with Crippen LogP contribution < -0.4 is 0 Å². The fourth-order valence-electron chi connectivity index (χ4n) is 1.62. The second kappa shape index (κ2) is 7.97. The van der Waals surface area contributed by atoms with E-state index in [9.17, 15) is 4.79 Å². The Balaban J connectivity index is 2.67. The van der Waals surface area contributed by atoms with Crippen LogP contribution in [0.4, 0.5) is 0 Å². The summed E-state index contributed by atoms with van der Waals surface area (Å²) in [6, 6.07) is 7.37. The van der Waals surface area contributed by atoms with Crippen LogP contribution in [0.5, 0.6) is 0 Å². The minimum absolute atomic E-state index is 0.0410. The Bertz CT molecular complexity index is 376.